The number of piperidine rings is 1. The zero-order valence-electron chi connectivity index (χ0n) is 10.7. The summed E-state index contributed by atoms with van der Waals surface area (Å²) in [6.07, 6.45) is 7.66. The lowest BCUT2D eigenvalue weighted by molar-refractivity contribution is 0.0830. The van der Waals surface area contributed by atoms with Crippen LogP contribution in [-0.4, -0.2) is 24.0 Å². The molecule has 1 aliphatic heterocycles. The van der Waals surface area contributed by atoms with Crippen LogP contribution in [-0.2, 0) is 0 Å². The summed E-state index contributed by atoms with van der Waals surface area (Å²) in [7, 11) is 0. The van der Waals surface area contributed by atoms with E-state index >= 15 is 0 Å². The van der Waals surface area contributed by atoms with Gasteiger partial charge in [0, 0.05) is 12.0 Å². The number of nitriles is 1. The predicted molar refractivity (Wildman–Crippen MR) is 65.9 cm³/mol. The highest BCUT2D eigenvalue weighted by Gasteiger charge is 2.31. The van der Waals surface area contributed by atoms with Crippen LogP contribution in [0, 0.1) is 22.7 Å². The molecular weight excluding hydrogens is 196 g/mol. The fraction of sp³-hybridized carbons (Fsp3) is 0.929. The molecule has 0 unspecified atom stereocenters. The van der Waals surface area contributed by atoms with E-state index in [4.69, 9.17) is 5.26 Å². The van der Waals surface area contributed by atoms with E-state index < -0.39 is 0 Å². The van der Waals surface area contributed by atoms with Crippen LogP contribution in [0.5, 0.6) is 0 Å². The normalized spacial score (nSPS) is 28.8. The fourth-order valence-electron chi connectivity index (χ4n) is 3.14. The first-order valence-corrected chi connectivity index (χ1v) is 6.74. The monoisotopic (exact) mass is 220 g/mol. The number of likely N-dealkylation sites (tertiary alicyclic amines) is 1. The Balaban J connectivity index is 1.80. The Labute approximate surface area is 99.6 Å². The third kappa shape index (κ3) is 2.77. The Kier molecular flexibility index (Phi) is 3.54. The molecule has 2 fully saturated rings. The molecule has 2 heteroatoms. The van der Waals surface area contributed by atoms with Crippen LogP contribution in [0.2, 0.25) is 0 Å². The molecule has 2 rings (SSSR count). The second-order valence-corrected chi connectivity index (χ2v) is 6.33. The molecule has 90 valence electrons. The zero-order valence-corrected chi connectivity index (χ0v) is 10.7. The Morgan fingerprint density at radius 3 is 2.12 bits per heavy atom. The fourth-order valence-corrected chi connectivity index (χ4v) is 3.14. The molecule has 0 N–H and O–H groups in total. The highest BCUT2D eigenvalue weighted by Crippen LogP contribution is 2.37. The molecule has 2 aliphatic rings. The number of rotatable bonds is 1. The van der Waals surface area contributed by atoms with Gasteiger partial charge in [0.25, 0.3) is 0 Å². The van der Waals surface area contributed by atoms with E-state index in [2.05, 4.69) is 24.8 Å². The van der Waals surface area contributed by atoms with E-state index in [-0.39, 0.29) is 0 Å². The van der Waals surface area contributed by atoms with E-state index in [1.807, 2.05) is 0 Å². The summed E-state index contributed by atoms with van der Waals surface area (Å²) in [5.74, 6) is 0.330. The molecule has 0 bridgehead atoms. The minimum atomic E-state index is 0.330. The third-order valence-electron chi connectivity index (χ3n) is 4.54. The SMILES string of the molecule is CC1(C)CCC(N2CCC(C#N)CC2)CC1. The van der Waals surface area contributed by atoms with Crippen molar-refractivity contribution in [1.82, 2.24) is 4.90 Å². The van der Waals surface area contributed by atoms with Crippen molar-refractivity contribution in [3.05, 3.63) is 0 Å². The summed E-state index contributed by atoms with van der Waals surface area (Å²) in [5, 5.41) is 8.89. The topological polar surface area (TPSA) is 27.0 Å². The van der Waals surface area contributed by atoms with Crippen molar-refractivity contribution in [3.63, 3.8) is 0 Å². The van der Waals surface area contributed by atoms with E-state index in [9.17, 15) is 0 Å². The van der Waals surface area contributed by atoms with Crippen LogP contribution in [0.4, 0.5) is 0 Å². The average molecular weight is 220 g/mol. The summed E-state index contributed by atoms with van der Waals surface area (Å²) in [6.45, 7) is 7.10. The van der Waals surface area contributed by atoms with Gasteiger partial charge in [0.2, 0.25) is 0 Å². The summed E-state index contributed by atoms with van der Waals surface area (Å²) in [4.78, 5) is 2.64. The maximum absolute atomic E-state index is 8.89. The van der Waals surface area contributed by atoms with Crippen molar-refractivity contribution >= 4 is 0 Å². The smallest absolute Gasteiger partial charge is 0.0656 e. The molecule has 0 amide bonds. The molecule has 0 aromatic carbocycles. The number of hydrogen-bond acceptors (Lipinski definition) is 2. The van der Waals surface area contributed by atoms with Crippen LogP contribution < -0.4 is 0 Å². The Morgan fingerprint density at radius 2 is 1.62 bits per heavy atom. The highest BCUT2D eigenvalue weighted by atomic mass is 15.2. The van der Waals surface area contributed by atoms with Gasteiger partial charge >= 0.3 is 0 Å². The molecule has 0 aromatic heterocycles. The molecule has 0 spiro atoms. The summed E-state index contributed by atoms with van der Waals surface area (Å²) in [5.41, 5.74) is 0.571. The van der Waals surface area contributed by atoms with E-state index in [1.165, 1.54) is 25.7 Å². The predicted octanol–water partition coefficient (Wildman–Crippen LogP) is 3.19. The minimum Gasteiger partial charge on any atom is -0.300 e. The van der Waals surface area contributed by atoms with Gasteiger partial charge in [-0.2, -0.15) is 5.26 Å². The van der Waals surface area contributed by atoms with Crippen LogP contribution in [0.25, 0.3) is 0 Å². The lowest BCUT2D eigenvalue weighted by Gasteiger charge is -2.42. The zero-order chi connectivity index (χ0) is 11.6. The Morgan fingerprint density at radius 1 is 1.06 bits per heavy atom. The van der Waals surface area contributed by atoms with Crippen LogP contribution in [0.1, 0.15) is 52.4 Å². The van der Waals surface area contributed by atoms with Crippen molar-refractivity contribution in [3.8, 4) is 6.07 Å². The minimum absolute atomic E-state index is 0.330. The largest absolute Gasteiger partial charge is 0.300 e. The van der Waals surface area contributed by atoms with Gasteiger partial charge in [0.15, 0.2) is 0 Å². The van der Waals surface area contributed by atoms with E-state index in [1.54, 1.807) is 0 Å². The lowest BCUT2D eigenvalue weighted by Crippen LogP contribution is -2.43. The molecule has 0 atom stereocenters. The number of nitrogens with zero attached hydrogens (tertiary/aromatic N) is 2. The van der Waals surface area contributed by atoms with Gasteiger partial charge in [0.1, 0.15) is 0 Å². The molecule has 0 aromatic rings. The maximum atomic E-state index is 8.89. The Bertz CT molecular complexity index is 259. The van der Waals surface area contributed by atoms with Crippen molar-refractivity contribution < 1.29 is 0 Å². The first kappa shape index (κ1) is 11.9. The summed E-state index contributed by atoms with van der Waals surface area (Å²) < 4.78 is 0. The summed E-state index contributed by atoms with van der Waals surface area (Å²) >= 11 is 0. The highest BCUT2D eigenvalue weighted by molar-refractivity contribution is 4.91. The second-order valence-electron chi connectivity index (χ2n) is 6.33. The molecule has 0 radical (unpaired) electrons. The van der Waals surface area contributed by atoms with Gasteiger partial charge in [0.05, 0.1) is 6.07 Å². The quantitative estimate of drug-likeness (QED) is 0.678. The van der Waals surface area contributed by atoms with Crippen LogP contribution >= 0.6 is 0 Å². The Hall–Kier alpha value is -0.550. The molecule has 1 saturated carbocycles. The maximum Gasteiger partial charge on any atom is 0.0656 e. The third-order valence-corrected chi connectivity index (χ3v) is 4.54. The summed E-state index contributed by atoms with van der Waals surface area (Å²) in [6, 6.07) is 3.23. The first-order valence-electron chi connectivity index (χ1n) is 6.74. The first-order chi connectivity index (χ1) is 7.61. The molecular formula is C14H24N2. The molecule has 1 aliphatic carbocycles. The van der Waals surface area contributed by atoms with Gasteiger partial charge in [-0.3, -0.25) is 0 Å². The van der Waals surface area contributed by atoms with Crippen molar-refractivity contribution in [2.24, 2.45) is 11.3 Å². The molecule has 16 heavy (non-hydrogen) atoms. The lowest BCUT2D eigenvalue weighted by atomic mass is 9.75. The number of hydrogen-bond donors (Lipinski definition) is 0. The van der Waals surface area contributed by atoms with Gasteiger partial charge < -0.3 is 4.90 Å². The van der Waals surface area contributed by atoms with Gasteiger partial charge in [-0.05, 0) is 57.0 Å². The molecule has 2 nitrogen and oxygen atoms in total. The van der Waals surface area contributed by atoms with E-state index in [0.717, 1.165) is 32.0 Å². The second kappa shape index (κ2) is 4.75. The van der Waals surface area contributed by atoms with Gasteiger partial charge in [-0.15, -0.1) is 0 Å². The van der Waals surface area contributed by atoms with Gasteiger partial charge in [-0.25, -0.2) is 0 Å². The van der Waals surface area contributed by atoms with Crippen molar-refractivity contribution in [2.75, 3.05) is 13.1 Å². The molecule has 1 saturated heterocycles. The van der Waals surface area contributed by atoms with Crippen LogP contribution in [0.3, 0.4) is 0 Å². The average Bonchev–Trinajstić information content (AvgIpc) is 2.29. The van der Waals surface area contributed by atoms with Crippen molar-refractivity contribution in [1.29, 1.82) is 5.26 Å². The standard InChI is InChI=1S/C14H24N2/c1-14(2)7-3-13(4-8-14)16-9-5-12(11-15)6-10-16/h12-13H,3-10H2,1-2H3. The van der Waals surface area contributed by atoms with E-state index in [0.29, 0.717) is 11.3 Å². The van der Waals surface area contributed by atoms with Crippen molar-refractivity contribution in [2.45, 2.75) is 58.4 Å². The van der Waals surface area contributed by atoms with Crippen LogP contribution in [0.15, 0.2) is 0 Å². The molecule has 1 heterocycles. The van der Waals surface area contributed by atoms with Gasteiger partial charge in [-0.1, -0.05) is 13.8 Å².